The highest BCUT2D eigenvalue weighted by molar-refractivity contribution is 5.71. The topological polar surface area (TPSA) is 78.9 Å². The van der Waals surface area contributed by atoms with E-state index in [9.17, 15) is 14.4 Å². The predicted molar refractivity (Wildman–Crippen MR) is 266 cm³/mol. The number of carbonyl (C=O) groups is 3. The van der Waals surface area contributed by atoms with Crippen molar-refractivity contribution >= 4 is 17.9 Å². The van der Waals surface area contributed by atoms with E-state index in [4.69, 9.17) is 14.2 Å². The molecule has 1 atom stereocenters. The van der Waals surface area contributed by atoms with E-state index in [1.54, 1.807) is 0 Å². The van der Waals surface area contributed by atoms with Crippen LogP contribution in [0.3, 0.4) is 0 Å². The fourth-order valence-electron chi connectivity index (χ4n) is 8.57. The SMILES string of the molecule is CCCCCCCCCCCCCCCCCCCCCC(=O)OC[C@H](COC(=O)CCCCCCCCC)OC(=O)CCCCCCCCCCCCCCCCCC(C)C. The lowest BCUT2D eigenvalue weighted by Gasteiger charge is -2.18. The first-order valence-corrected chi connectivity index (χ1v) is 27.9. The molecule has 0 amide bonds. The summed E-state index contributed by atoms with van der Waals surface area (Å²) in [5, 5.41) is 0. The molecule has 0 unspecified atom stereocenters. The molecular weight excluding hydrogens is 769 g/mol. The number of carbonyl (C=O) groups excluding carboxylic acids is 3. The average molecular weight is 877 g/mol. The molecule has 0 aliphatic carbocycles. The molecule has 0 aromatic heterocycles. The standard InChI is InChI=1S/C56H108O6/c1-5-7-9-11-13-14-15-16-17-18-19-20-23-26-29-32-36-40-44-48-55(58)61-51-53(50-60-54(57)47-43-39-34-12-10-8-6-2)62-56(59)49-45-41-37-33-30-27-24-21-22-25-28-31-35-38-42-46-52(3)4/h52-53H,5-51H2,1-4H3/t53-/m0/s1. The molecule has 368 valence electrons. The minimum atomic E-state index is -0.760. The van der Waals surface area contributed by atoms with E-state index in [1.165, 1.54) is 212 Å². The second-order valence-electron chi connectivity index (χ2n) is 19.7. The highest BCUT2D eigenvalue weighted by atomic mass is 16.6. The summed E-state index contributed by atoms with van der Waals surface area (Å²) in [5.74, 6) is 0.00160. The van der Waals surface area contributed by atoms with E-state index in [0.29, 0.717) is 19.3 Å². The number of hydrogen-bond acceptors (Lipinski definition) is 6. The molecule has 6 nitrogen and oxygen atoms in total. The second-order valence-corrected chi connectivity index (χ2v) is 19.7. The van der Waals surface area contributed by atoms with Crippen LogP contribution in [0.25, 0.3) is 0 Å². The Morgan fingerprint density at radius 3 is 0.790 bits per heavy atom. The molecule has 0 saturated heterocycles. The first kappa shape index (κ1) is 60.4. The smallest absolute Gasteiger partial charge is 0.306 e. The number of hydrogen-bond donors (Lipinski definition) is 0. The molecule has 0 aromatic carbocycles. The van der Waals surface area contributed by atoms with Crippen LogP contribution < -0.4 is 0 Å². The van der Waals surface area contributed by atoms with Crippen LogP contribution in [0, 0.1) is 5.92 Å². The molecular formula is C56H108O6. The van der Waals surface area contributed by atoms with Crippen LogP contribution in [0.2, 0.25) is 0 Å². The van der Waals surface area contributed by atoms with Gasteiger partial charge in [0, 0.05) is 19.3 Å². The molecule has 62 heavy (non-hydrogen) atoms. The van der Waals surface area contributed by atoms with Gasteiger partial charge in [0.25, 0.3) is 0 Å². The fourth-order valence-corrected chi connectivity index (χ4v) is 8.57. The number of ether oxygens (including phenoxy) is 3. The Morgan fingerprint density at radius 2 is 0.532 bits per heavy atom. The lowest BCUT2D eigenvalue weighted by Crippen LogP contribution is -2.30. The zero-order valence-electron chi connectivity index (χ0n) is 42.3. The lowest BCUT2D eigenvalue weighted by atomic mass is 10.0. The van der Waals surface area contributed by atoms with E-state index >= 15 is 0 Å². The predicted octanol–water partition coefficient (Wildman–Crippen LogP) is 18.2. The maximum absolute atomic E-state index is 12.8. The summed E-state index contributed by atoms with van der Waals surface area (Å²) in [7, 11) is 0. The summed E-state index contributed by atoms with van der Waals surface area (Å²) in [5.41, 5.74) is 0. The van der Waals surface area contributed by atoms with Crippen molar-refractivity contribution in [1.29, 1.82) is 0 Å². The maximum Gasteiger partial charge on any atom is 0.306 e. The van der Waals surface area contributed by atoms with Gasteiger partial charge in [0.2, 0.25) is 0 Å². The van der Waals surface area contributed by atoms with Crippen molar-refractivity contribution in [3.8, 4) is 0 Å². The van der Waals surface area contributed by atoms with Gasteiger partial charge in [-0.3, -0.25) is 14.4 Å². The molecule has 0 rings (SSSR count). The van der Waals surface area contributed by atoms with Crippen molar-refractivity contribution in [2.45, 2.75) is 323 Å². The minimum Gasteiger partial charge on any atom is -0.462 e. The molecule has 0 spiro atoms. The minimum absolute atomic E-state index is 0.0627. The molecule has 0 aromatic rings. The molecule has 0 radical (unpaired) electrons. The van der Waals surface area contributed by atoms with Crippen LogP contribution in [0.15, 0.2) is 0 Å². The Bertz CT molecular complexity index is 933. The Kier molecular flexibility index (Phi) is 49.1. The third-order valence-corrected chi connectivity index (χ3v) is 12.8. The van der Waals surface area contributed by atoms with Crippen LogP contribution in [-0.2, 0) is 28.6 Å². The quantitative estimate of drug-likeness (QED) is 0.0344. The molecule has 6 heteroatoms. The Hall–Kier alpha value is -1.59. The summed E-state index contributed by atoms with van der Waals surface area (Å²) in [6.45, 7) is 9.02. The van der Waals surface area contributed by atoms with Crippen molar-refractivity contribution in [1.82, 2.24) is 0 Å². The van der Waals surface area contributed by atoms with Gasteiger partial charge in [-0.25, -0.2) is 0 Å². The van der Waals surface area contributed by atoms with Gasteiger partial charge in [-0.1, -0.05) is 278 Å². The molecule has 0 bridgehead atoms. The Morgan fingerprint density at radius 1 is 0.306 bits per heavy atom. The van der Waals surface area contributed by atoms with Gasteiger partial charge in [-0.2, -0.15) is 0 Å². The normalized spacial score (nSPS) is 12.0. The largest absolute Gasteiger partial charge is 0.462 e. The van der Waals surface area contributed by atoms with Crippen molar-refractivity contribution in [2.24, 2.45) is 5.92 Å². The summed E-state index contributed by atoms with van der Waals surface area (Å²) >= 11 is 0. The van der Waals surface area contributed by atoms with E-state index in [2.05, 4.69) is 27.7 Å². The summed E-state index contributed by atoms with van der Waals surface area (Å²) in [6, 6.07) is 0. The molecule has 0 aliphatic heterocycles. The first-order chi connectivity index (χ1) is 30.4. The monoisotopic (exact) mass is 877 g/mol. The molecule has 0 aliphatic rings. The lowest BCUT2D eigenvalue weighted by molar-refractivity contribution is -0.167. The van der Waals surface area contributed by atoms with Gasteiger partial charge in [-0.15, -0.1) is 0 Å². The Balaban J connectivity index is 4.14. The average Bonchev–Trinajstić information content (AvgIpc) is 3.26. The summed E-state index contributed by atoms with van der Waals surface area (Å²) in [4.78, 5) is 37.9. The molecule has 0 heterocycles. The first-order valence-electron chi connectivity index (χ1n) is 27.9. The molecule has 0 N–H and O–H groups in total. The number of unbranched alkanes of at least 4 members (excludes halogenated alkanes) is 38. The van der Waals surface area contributed by atoms with Crippen molar-refractivity contribution in [2.75, 3.05) is 13.2 Å². The van der Waals surface area contributed by atoms with Crippen LogP contribution in [0.4, 0.5) is 0 Å². The van der Waals surface area contributed by atoms with Gasteiger partial charge in [-0.05, 0) is 25.2 Å². The summed E-state index contributed by atoms with van der Waals surface area (Å²) in [6.07, 6.45) is 54.0. The highest BCUT2D eigenvalue weighted by Gasteiger charge is 2.19. The highest BCUT2D eigenvalue weighted by Crippen LogP contribution is 2.18. The Labute approximate surface area is 387 Å². The number of rotatable bonds is 51. The van der Waals surface area contributed by atoms with E-state index in [1.807, 2.05) is 0 Å². The van der Waals surface area contributed by atoms with Crippen molar-refractivity contribution in [3.63, 3.8) is 0 Å². The zero-order chi connectivity index (χ0) is 45.2. The fraction of sp³-hybridized carbons (Fsp3) is 0.946. The van der Waals surface area contributed by atoms with Crippen LogP contribution >= 0.6 is 0 Å². The third-order valence-electron chi connectivity index (χ3n) is 12.8. The van der Waals surface area contributed by atoms with Crippen LogP contribution in [0.5, 0.6) is 0 Å². The van der Waals surface area contributed by atoms with Crippen LogP contribution in [0.1, 0.15) is 317 Å². The van der Waals surface area contributed by atoms with Crippen molar-refractivity contribution < 1.29 is 28.6 Å². The number of esters is 3. The van der Waals surface area contributed by atoms with Gasteiger partial charge >= 0.3 is 17.9 Å². The molecule has 0 saturated carbocycles. The second kappa shape index (κ2) is 50.4. The van der Waals surface area contributed by atoms with Crippen molar-refractivity contribution in [3.05, 3.63) is 0 Å². The molecule has 0 fully saturated rings. The van der Waals surface area contributed by atoms with Gasteiger partial charge < -0.3 is 14.2 Å². The van der Waals surface area contributed by atoms with Gasteiger partial charge in [0.15, 0.2) is 6.10 Å². The zero-order valence-corrected chi connectivity index (χ0v) is 42.3. The van der Waals surface area contributed by atoms with Gasteiger partial charge in [0.05, 0.1) is 0 Å². The van der Waals surface area contributed by atoms with E-state index in [-0.39, 0.29) is 31.1 Å². The van der Waals surface area contributed by atoms with Crippen LogP contribution in [-0.4, -0.2) is 37.2 Å². The van der Waals surface area contributed by atoms with E-state index in [0.717, 1.165) is 63.7 Å². The van der Waals surface area contributed by atoms with Gasteiger partial charge in [0.1, 0.15) is 13.2 Å². The summed E-state index contributed by atoms with van der Waals surface area (Å²) < 4.78 is 16.8. The third kappa shape index (κ3) is 49.4. The maximum atomic E-state index is 12.8. The van der Waals surface area contributed by atoms with E-state index < -0.39 is 6.10 Å².